The Morgan fingerprint density at radius 3 is 2.62 bits per heavy atom. The highest BCUT2D eigenvalue weighted by molar-refractivity contribution is 5.95. The molecule has 5 nitrogen and oxygen atoms in total. The summed E-state index contributed by atoms with van der Waals surface area (Å²) in [5, 5.41) is 18.9. The van der Waals surface area contributed by atoms with Crippen molar-refractivity contribution < 1.29 is 27.5 Å². The lowest BCUT2D eigenvalue weighted by Crippen LogP contribution is -2.45. The lowest BCUT2D eigenvalue weighted by atomic mass is 9.65. The van der Waals surface area contributed by atoms with E-state index in [0.717, 1.165) is 29.4 Å². The van der Waals surface area contributed by atoms with Gasteiger partial charge in [0, 0.05) is 17.5 Å². The molecule has 9 heteroatoms. The van der Waals surface area contributed by atoms with E-state index in [2.05, 4.69) is 23.4 Å². The van der Waals surface area contributed by atoms with Crippen LogP contribution in [-0.4, -0.2) is 39.1 Å². The van der Waals surface area contributed by atoms with Gasteiger partial charge < -0.3 is 10.4 Å². The molecule has 1 fully saturated rings. The summed E-state index contributed by atoms with van der Waals surface area (Å²) < 4.78 is 53.9. The number of carbonyl (C=O) groups is 1. The maximum atomic E-state index is 13.4. The zero-order valence-corrected chi connectivity index (χ0v) is 21.9. The fourth-order valence-electron chi connectivity index (χ4n) is 5.88. The molecule has 2 aliphatic rings. The van der Waals surface area contributed by atoms with E-state index in [0.29, 0.717) is 43.2 Å². The third-order valence-corrected chi connectivity index (χ3v) is 8.55. The maximum absolute atomic E-state index is 13.4. The molecule has 3 aromatic rings. The Morgan fingerprint density at radius 2 is 1.90 bits per heavy atom. The number of hydrogen-bond donors (Lipinski definition) is 2. The predicted molar refractivity (Wildman–Crippen MR) is 140 cm³/mol. The van der Waals surface area contributed by atoms with Crippen LogP contribution in [0.4, 0.5) is 17.6 Å². The van der Waals surface area contributed by atoms with Crippen LogP contribution in [0.2, 0.25) is 0 Å². The zero-order chi connectivity index (χ0) is 28.0. The Hall–Kier alpha value is -3.46. The highest BCUT2D eigenvalue weighted by Gasteiger charge is 2.54. The van der Waals surface area contributed by atoms with E-state index in [1.165, 1.54) is 12.1 Å². The van der Waals surface area contributed by atoms with Crippen LogP contribution in [0.3, 0.4) is 0 Å². The summed E-state index contributed by atoms with van der Waals surface area (Å²) in [4.78, 5) is 12.8. The van der Waals surface area contributed by atoms with E-state index >= 15 is 0 Å². The van der Waals surface area contributed by atoms with Gasteiger partial charge in [-0.15, -0.1) is 0 Å². The van der Waals surface area contributed by atoms with Gasteiger partial charge >= 0.3 is 6.18 Å². The molecule has 0 aliphatic heterocycles. The van der Waals surface area contributed by atoms with Gasteiger partial charge in [0.1, 0.15) is 5.82 Å². The number of aryl methyl sites for hydroxylation is 1. The quantitative estimate of drug-likeness (QED) is 0.358. The smallest absolute Gasteiger partial charge is 0.389 e. The second-order valence-electron chi connectivity index (χ2n) is 11.0. The van der Waals surface area contributed by atoms with Crippen LogP contribution in [-0.2, 0) is 12.8 Å². The van der Waals surface area contributed by atoms with E-state index in [4.69, 9.17) is 0 Å². The van der Waals surface area contributed by atoms with E-state index < -0.39 is 35.6 Å². The molecule has 1 aromatic heterocycles. The number of nitrogens with zero attached hydrogens (tertiary/aromatic N) is 2. The van der Waals surface area contributed by atoms with Crippen molar-refractivity contribution in [2.75, 3.05) is 6.54 Å². The van der Waals surface area contributed by atoms with Crippen molar-refractivity contribution in [1.82, 2.24) is 15.1 Å². The van der Waals surface area contributed by atoms with E-state index in [-0.39, 0.29) is 5.82 Å². The van der Waals surface area contributed by atoms with Gasteiger partial charge in [0.05, 0.1) is 29.1 Å². The molecule has 0 radical (unpaired) electrons. The fourth-order valence-corrected chi connectivity index (χ4v) is 5.88. The average Bonchev–Trinajstić information content (AvgIpc) is 3.42. The molecule has 0 unspecified atom stereocenters. The Balaban J connectivity index is 1.33. The average molecular weight is 542 g/mol. The summed E-state index contributed by atoms with van der Waals surface area (Å²) in [6, 6.07) is 13.0. The molecule has 206 valence electrons. The number of aromatic nitrogens is 2. The molecule has 39 heavy (non-hydrogen) atoms. The summed E-state index contributed by atoms with van der Waals surface area (Å²) in [5.41, 5.74) is 3.22. The van der Waals surface area contributed by atoms with Crippen molar-refractivity contribution in [2.24, 2.45) is 11.3 Å². The molecule has 1 saturated carbocycles. The summed E-state index contributed by atoms with van der Waals surface area (Å²) in [5.74, 6) is -2.52. The number of carbonyl (C=O) groups excluding carboxylic acids is 1. The Kier molecular flexibility index (Phi) is 6.91. The number of fused-ring (bicyclic) bond motifs is 2. The zero-order valence-electron chi connectivity index (χ0n) is 21.9. The number of aliphatic hydroxyl groups is 1. The van der Waals surface area contributed by atoms with E-state index in [1.54, 1.807) is 47.3 Å². The van der Waals surface area contributed by atoms with Gasteiger partial charge in [-0.25, -0.2) is 9.07 Å². The number of halogens is 4. The number of amides is 1. The number of rotatable bonds is 7. The third-order valence-electron chi connectivity index (χ3n) is 8.55. The molecular weight excluding hydrogens is 510 g/mol. The lowest BCUT2D eigenvalue weighted by molar-refractivity contribution is -0.167. The van der Waals surface area contributed by atoms with Gasteiger partial charge in [0.15, 0.2) is 0 Å². The van der Waals surface area contributed by atoms with Crippen molar-refractivity contribution in [1.29, 1.82) is 0 Å². The largest absolute Gasteiger partial charge is 0.393 e. The first kappa shape index (κ1) is 27.1. The van der Waals surface area contributed by atoms with Gasteiger partial charge in [-0.1, -0.05) is 37.6 Å². The van der Waals surface area contributed by atoms with Gasteiger partial charge in [-0.3, -0.25) is 4.79 Å². The van der Waals surface area contributed by atoms with Crippen LogP contribution in [0.1, 0.15) is 60.3 Å². The second kappa shape index (κ2) is 9.93. The summed E-state index contributed by atoms with van der Waals surface area (Å²) in [7, 11) is 0. The van der Waals surface area contributed by atoms with Crippen LogP contribution in [0.5, 0.6) is 0 Å². The predicted octanol–water partition coefficient (Wildman–Crippen LogP) is 6.04. The first-order valence-electron chi connectivity index (χ1n) is 13.1. The molecule has 0 saturated heterocycles. The highest BCUT2D eigenvalue weighted by atomic mass is 19.4. The topological polar surface area (TPSA) is 67.2 Å². The maximum Gasteiger partial charge on any atom is 0.393 e. The third kappa shape index (κ3) is 5.00. The number of nitrogens with one attached hydrogen (secondary N) is 1. The lowest BCUT2D eigenvalue weighted by Gasteiger charge is -2.42. The summed E-state index contributed by atoms with van der Waals surface area (Å²) in [6.07, 6.45) is 2.14. The molecule has 5 rings (SSSR count). The van der Waals surface area contributed by atoms with Crippen molar-refractivity contribution in [2.45, 2.75) is 57.7 Å². The number of alkyl halides is 3. The van der Waals surface area contributed by atoms with Crippen LogP contribution in [0, 0.1) is 17.2 Å². The van der Waals surface area contributed by atoms with Crippen molar-refractivity contribution in [3.8, 4) is 5.69 Å². The summed E-state index contributed by atoms with van der Waals surface area (Å²) >= 11 is 0. The Bertz CT molecular complexity index is 1410. The van der Waals surface area contributed by atoms with Crippen LogP contribution in [0.15, 0.2) is 60.3 Å². The Labute approximate surface area is 224 Å². The summed E-state index contributed by atoms with van der Waals surface area (Å²) in [6.45, 7) is 2.59. The van der Waals surface area contributed by atoms with Gasteiger partial charge in [0.2, 0.25) is 0 Å². The van der Waals surface area contributed by atoms with Crippen molar-refractivity contribution in [3.05, 3.63) is 88.5 Å². The normalized spacial score (nSPS) is 23.1. The first-order chi connectivity index (χ1) is 18.4. The minimum atomic E-state index is -4.38. The minimum absolute atomic E-state index is 0.318. The molecular formula is C30H31F4N3O2. The molecule has 1 heterocycles. The molecule has 0 bridgehead atoms. The van der Waals surface area contributed by atoms with Crippen molar-refractivity contribution in [3.63, 3.8) is 0 Å². The van der Waals surface area contributed by atoms with E-state index in [1.807, 2.05) is 0 Å². The fraction of sp³-hybridized carbons (Fsp3) is 0.400. The first-order valence-corrected chi connectivity index (χ1v) is 13.1. The molecule has 1 amide bonds. The van der Waals surface area contributed by atoms with Gasteiger partial charge in [-0.05, 0) is 79.6 Å². The molecule has 3 atom stereocenters. The standard InChI is InChI=1S/C30H31F4N3O2/c1-19(30(32,33)34)17-35-27(38)25-6-4-3-5-20(25)11-13-29(39)14-12-22-15-26-21(16-28(22,29)2)18-36-37(26)24-9-7-23(31)8-10-24/h3-10,15,18-19,39H,11-14,16-17H2,1-2H3,(H,35,38)/t19-,28+,29+/m1/s1. The highest BCUT2D eigenvalue weighted by Crippen LogP contribution is 2.56. The number of benzene rings is 2. The Morgan fingerprint density at radius 1 is 1.18 bits per heavy atom. The van der Waals surface area contributed by atoms with Crippen LogP contribution in [0.25, 0.3) is 11.8 Å². The molecule has 0 spiro atoms. The molecule has 2 aliphatic carbocycles. The van der Waals surface area contributed by atoms with Gasteiger partial charge in [-0.2, -0.15) is 18.3 Å². The van der Waals surface area contributed by atoms with E-state index in [9.17, 15) is 27.5 Å². The molecule has 2 N–H and O–H groups in total. The van der Waals surface area contributed by atoms with Crippen LogP contribution >= 0.6 is 0 Å². The van der Waals surface area contributed by atoms with Gasteiger partial charge in [0.25, 0.3) is 5.91 Å². The second-order valence-corrected chi connectivity index (χ2v) is 11.0. The van der Waals surface area contributed by atoms with Crippen molar-refractivity contribution >= 4 is 12.0 Å². The van der Waals surface area contributed by atoms with Crippen LogP contribution < -0.4 is 5.32 Å². The molecule has 2 aromatic carbocycles. The SMILES string of the molecule is C[C@H](CNC(=O)c1ccccc1CC[C@]1(O)CCC2=Cc3c(cnn3-c3ccc(F)cc3)C[C@@]21C)C(F)(F)F. The minimum Gasteiger partial charge on any atom is -0.389 e. The monoisotopic (exact) mass is 541 g/mol. The number of hydrogen-bond acceptors (Lipinski definition) is 3.